The number of hydrogen-bond donors (Lipinski definition) is 0. The van der Waals surface area contributed by atoms with Gasteiger partial charge in [0, 0.05) is 25.2 Å². The van der Waals surface area contributed by atoms with Crippen molar-refractivity contribution in [1.29, 1.82) is 0 Å². The lowest BCUT2D eigenvalue weighted by molar-refractivity contribution is -0.140. The molecule has 29 heavy (non-hydrogen) atoms. The highest BCUT2D eigenvalue weighted by molar-refractivity contribution is 7.89. The van der Waals surface area contributed by atoms with Gasteiger partial charge in [-0.2, -0.15) is 17.5 Å². The zero-order chi connectivity index (χ0) is 21.7. The van der Waals surface area contributed by atoms with E-state index in [4.69, 9.17) is 0 Å². The van der Waals surface area contributed by atoms with Crippen LogP contribution in [-0.4, -0.2) is 55.9 Å². The van der Waals surface area contributed by atoms with Gasteiger partial charge < -0.3 is 4.90 Å². The summed E-state index contributed by atoms with van der Waals surface area (Å²) in [5.41, 5.74) is 0.0459. The molecule has 1 saturated carbocycles. The fourth-order valence-electron chi connectivity index (χ4n) is 3.58. The predicted molar refractivity (Wildman–Crippen MR) is 105 cm³/mol. The Kier molecular flexibility index (Phi) is 8.10. The van der Waals surface area contributed by atoms with Crippen molar-refractivity contribution in [2.45, 2.75) is 69.0 Å². The number of carbonyl (C=O) groups is 1. The monoisotopic (exact) mass is 434 g/mol. The van der Waals surface area contributed by atoms with Crippen molar-refractivity contribution in [2.24, 2.45) is 0 Å². The average Bonchev–Trinajstić information content (AvgIpc) is 2.70. The molecule has 9 heteroatoms. The van der Waals surface area contributed by atoms with Crippen molar-refractivity contribution in [3.8, 4) is 0 Å². The first kappa shape index (κ1) is 23.7. The van der Waals surface area contributed by atoms with Crippen LogP contribution in [-0.2, 0) is 10.0 Å². The van der Waals surface area contributed by atoms with Gasteiger partial charge in [0.15, 0.2) is 0 Å². The van der Waals surface area contributed by atoms with Gasteiger partial charge >= 0.3 is 6.18 Å². The third-order valence-corrected chi connectivity index (χ3v) is 7.23. The first-order valence-electron chi connectivity index (χ1n) is 10.0. The van der Waals surface area contributed by atoms with Gasteiger partial charge in [-0.1, -0.05) is 32.6 Å². The lowest BCUT2D eigenvalue weighted by Gasteiger charge is -2.30. The number of halogens is 3. The van der Waals surface area contributed by atoms with Crippen LogP contribution >= 0.6 is 0 Å². The zero-order valence-corrected chi connectivity index (χ0v) is 17.7. The normalized spacial score (nSPS) is 16.2. The number of hydrogen-bond acceptors (Lipinski definition) is 3. The van der Waals surface area contributed by atoms with Crippen LogP contribution in [0.3, 0.4) is 0 Å². The molecule has 0 aliphatic heterocycles. The van der Waals surface area contributed by atoms with E-state index < -0.39 is 28.7 Å². The number of amides is 1. The molecule has 164 valence electrons. The number of alkyl halides is 3. The van der Waals surface area contributed by atoms with Crippen LogP contribution in [0.15, 0.2) is 29.2 Å². The maximum absolute atomic E-state index is 12.9. The van der Waals surface area contributed by atoms with Gasteiger partial charge in [0.25, 0.3) is 5.91 Å². The van der Waals surface area contributed by atoms with E-state index in [1.807, 2.05) is 6.92 Å². The predicted octanol–water partition coefficient (Wildman–Crippen LogP) is 4.44. The van der Waals surface area contributed by atoms with E-state index in [0.29, 0.717) is 12.8 Å². The molecule has 1 aliphatic carbocycles. The molecule has 1 aromatic carbocycles. The molecule has 1 amide bonds. The number of benzene rings is 1. The topological polar surface area (TPSA) is 57.7 Å². The standard InChI is InChI=1S/C20H29F3N2O3S/c1-3-4-14-25(15-20(21,22)23)19(26)16-10-12-18(13-11-16)29(27,28)24(2)17-8-6-5-7-9-17/h10-13,17H,3-9,14-15H2,1-2H3. The summed E-state index contributed by atoms with van der Waals surface area (Å²) in [4.78, 5) is 13.3. The lowest BCUT2D eigenvalue weighted by atomic mass is 9.96. The molecule has 1 aliphatic rings. The van der Waals surface area contributed by atoms with E-state index in [9.17, 15) is 26.4 Å². The van der Waals surface area contributed by atoms with Gasteiger partial charge in [-0.3, -0.25) is 4.79 Å². The van der Waals surface area contributed by atoms with Crippen LogP contribution in [0.1, 0.15) is 62.2 Å². The quantitative estimate of drug-likeness (QED) is 0.608. The number of carbonyl (C=O) groups excluding carboxylic acids is 1. The highest BCUT2D eigenvalue weighted by Crippen LogP contribution is 2.27. The molecule has 5 nitrogen and oxygen atoms in total. The highest BCUT2D eigenvalue weighted by Gasteiger charge is 2.33. The smallest absolute Gasteiger partial charge is 0.330 e. The van der Waals surface area contributed by atoms with Gasteiger partial charge in [-0.25, -0.2) is 8.42 Å². The Bertz CT molecular complexity index is 773. The van der Waals surface area contributed by atoms with Crippen molar-refractivity contribution in [1.82, 2.24) is 9.21 Å². The minimum Gasteiger partial charge on any atom is -0.330 e. The SMILES string of the molecule is CCCCN(CC(F)(F)F)C(=O)c1ccc(S(=O)(=O)N(C)C2CCCCC2)cc1. The second kappa shape index (κ2) is 9.93. The molecule has 0 bridgehead atoms. The summed E-state index contributed by atoms with van der Waals surface area (Å²) in [7, 11) is -2.16. The van der Waals surface area contributed by atoms with E-state index in [1.54, 1.807) is 7.05 Å². The highest BCUT2D eigenvalue weighted by atomic mass is 32.2. The van der Waals surface area contributed by atoms with Crippen LogP contribution in [0.4, 0.5) is 13.2 Å². The van der Waals surface area contributed by atoms with Gasteiger partial charge in [0.1, 0.15) is 6.54 Å². The number of rotatable bonds is 8. The maximum atomic E-state index is 12.9. The third-order valence-electron chi connectivity index (χ3n) is 5.31. The Morgan fingerprint density at radius 1 is 1.10 bits per heavy atom. The minimum atomic E-state index is -4.49. The number of unbranched alkanes of at least 4 members (excludes halogenated alkanes) is 1. The summed E-state index contributed by atoms with van der Waals surface area (Å²) in [6.45, 7) is 0.508. The molecule has 0 unspecified atom stereocenters. The molecule has 0 spiro atoms. The molecule has 0 N–H and O–H groups in total. The Hall–Kier alpha value is -1.61. The van der Waals surface area contributed by atoms with Gasteiger partial charge in [0.05, 0.1) is 4.90 Å². The molecule has 0 atom stereocenters. The first-order valence-corrected chi connectivity index (χ1v) is 11.4. The van der Waals surface area contributed by atoms with E-state index in [1.165, 1.54) is 28.6 Å². The summed E-state index contributed by atoms with van der Waals surface area (Å²) in [6.07, 6.45) is 1.34. The van der Waals surface area contributed by atoms with E-state index in [-0.39, 0.29) is 23.0 Å². The van der Waals surface area contributed by atoms with E-state index in [0.717, 1.165) is 37.0 Å². The summed E-state index contributed by atoms with van der Waals surface area (Å²) in [5.74, 6) is -0.750. The molecule has 1 fully saturated rings. The maximum Gasteiger partial charge on any atom is 0.406 e. The third kappa shape index (κ3) is 6.44. The zero-order valence-electron chi connectivity index (χ0n) is 16.9. The lowest BCUT2D eigenvalue weighted by Crippen LogP contribution is -2.39. The average molecular weight is 435 g/mol. The molecule has 0 heterocycles. The molecular formula is C20H29F3N2O3S. The van der Waals surface area contributed by atoms with Crippen LogP contribution in [0, 0.1) is 0 Å². The number of sulfonamides is 1. The van der Waals surface area contributed by atoms with Crippen LogP contribution in [0.5, 0.6) is 0 Å². The first-order chi connectivity index (χ1) is 13.6. The van der Waals surface area contributed by atoms with Gasteiger partial charge in [-0.05, 0) is 43.5 Å². The van der Waals surface area contributed by atoms with Crippen molar-refractivity contribution in [3.05, 3.63) is 29.8 Å². The van der Waals surface area contributed by atoms with E-state index in [2.05, 4.69) is 0 Å². The van der Waals surface area contributed by atoms with Crippen molar-refractivity contribution < 1.29 is 26.4 Å². The molecular weight excluding hydrogens is 405 g/mol. The van der Waals surface area contributed by atoms with Gasteiger partial charge in [0.2, 0.25) is 10.0 Å². The van der Waals surface area contributed by atoms with E-state index >= 15 is 0 Å². The summed E-state index contributed by atoms with van der Waals surface area (Å²) in [6, 6.07) is 5.13. The second-order valence-electron chi connectivity index (χ2n) is 7.53. The van der Waals surface area contributed by atoms with Gasteiger partial charge in [-0.15, -0.1) is 0 Å². The van der Waals surface area contributed by atoms with Crippen LogP contribution in [0.25, 0.3) is 0 Å². The van der Waals surface area contributed by atoms with Crippen molar-refractivity contribution in [2.75, 3.05) is 20.1 Å². The Balaban J connectivity index is 2.17. The molecule has 0 radical (unpaired) electrons. The molecule has 0 saturated heterocycles. The molecule has 0 aromatic heterocycles. The Labute approximate surface area is 170 Å². The Morgan fingerprint density at radius 3 is 2.21 bits per heavy atom. The number of nitrogens with zero attached hydrogens (tertiary/aromatic N) is 2. The molecule has 2 rings (SSSR count). The summed E-state index contributed by atoms with van der Waals surface area (Å²) in [5, 5.41) is 0. The summed E-state index contributed by atoms with van der Waals surface area (Å²) >= 11 is 0. The summed E-state index contributed by atoms with van der Waals surface area (Å²) < 4.78 is 65.5. The Morgan fingerprint density at radius 2 is 1.69 bits per heavy atom. The largest absolute Gasteiger partial charge is 0.406 e. The van der Waals surface area contributed by atoms with Crippen LogP contribution < -0.4 is 0 Å². The van der Waals surface area contributed by atoms with Crippen molar-refractivity contribution in [3.63, 3.8) is 0 Å². The second-order valence-corrected chi connectivity index (χ2v) is 9.53. The fourth-order valence-corrected chi connectivity index (χ4v) is 4.99. The minimum absolute atomic E-state index is 0.000683. The molecule has 1 aromatic rings. The fraction of sp³-hybridized carbons (Fsp3) is 0.650. The van der Waals surface area contributed by atoms with Crippen molar-refractivity contribution >= 4 is 15.9 Å². The van der Waals surface area contributed by atoms with Crippen LogP contribution in [0.2, 0.25) is 0 Å².